The fourth-order valence-corrected chi connectivity index (χ4v) is 3.87. The van der Waals surface area contributed by atoms with E-state index in [4.69, 9.17) is 0 Å². The average molecular weight is 298 g/mol. The Balaban J connectivity index is 1.86. The molecular weight excluding hydrogens is 272 g/mol. The smallest absolute Gasteiger partial charge is 0.242 e. The normalized spacial score (nSPS) is 15.8. The van der Waals surface area contributed by atoms with Gasteiger partial charge in [-0.1, -0.05) is 31.0 Å². The van der Waals surface area contributed by atoms with Gasteiger partial charge < -0.3 is 9.47 Å². The van der Waals surface area contributed by atoms with E-state index in [0.29, 0.717) is 12.6 Å². The summed E-state index contributed by atoms with van der Waals surface area (Å²) >= 11 is 0. The van der Waals surface area contributed by atoms with Crippen LogP contribution < -0.4 is 0 Å². The van der Waals surface area contributed by atoms with Gasteiger partial charge in [0, 0.05) is 23.3 Å². The van der Waals surface area contributed by atoms with E-state index in [1.54, 1.807) is 0 Å². The van der Waals surface area contributed by atoms with Crippen LogP contribution in [0.5, 0.6) is 0 Å². The van der Waals surface area contributed by atoms with Crippen molar-refractivity contribution < 1.29 is 4.79 Å². The number of para-hydroxylation sites is 1. The molecule has 22 heavy (non-hydrogen) atoms. The van der Waals surface area contributed by atoms with Crippen molar-refractivity contribution in [2.24, 2.45) is 0 Å². The molecule has 1 aliphatic rings. The lowest BCUT2D eigenvalue weighted by Crippen LogP contribution is -2.45. The van der Waals surface area contributed by atoms with Crippen LogP contribution >= 0.6 is 0 Å². The SMILES string of the molecule is Cc1cc2ccccc2n1CC(=O)N(C(C)C)C1CCCC1. The molecule has 0 unspecified atom stereocenters. The van der Waals surface area contributed by atoms with Gasteiger partial charge in [-0.25, -0.2) is 0 Å². The molecule has 0 bridgehead atoms. The first kappa shape index (κ1) is 15.1. The number of fused-ring (bicyclic) bond motifs is 1. The number of carbonyl (C=O) groups is 1. The number of hydrogen-bond acceptors (Lipinski definition) is 1. The number of hydrogen-bond donors (Lipinski definition) is 0. The summed E-state index contributed by atoms with van der Waals surface area (Å²) in [6.07, 6.45) is 4.84. The predicted octanol–water partition coefficient (Wildman–Crippen LogP) is 4.13. The molecule has 1 saturated carbocycles. The molecule has 3 rings (SSSR count). The Bertz CT molecular complexity index is 665. The van der Waals surface area contributed by atoms with Crippen molar-refractivity contribution in [1.29, 1.82) is 0 Å². The summed E-state index contributed by atoms with van der Waals surface area (Å²) in [4.78, 5) is 15.1. The molecule has 1 aromatic heterocycles. The van der Waals surface area contributed by atoms with Crippen molar-refractivity contribution >= 4 is 16.8 Å². The number of aryl methyl sites for hydroxylation is 1. The molecule has 0 radical (unpaired) electrons. The lowest BCUT2D eigenvalue weighted by molar-refractivity contribution is -0.136. The zero-order valence-corrected chi connectivity index (χ0v) is 13.9. The van der Waals surface area contributed by atoms with Gasteiger partial charge in [-0.05, 0) is 51.1 Å². The van der Waals surface area contributed by atoms with Crippen molar-refractivity contribution in [2.75, 3.05) is 0 Å². The van der Waals surface area contributed by atoms with E-state index in [9.17, 15) is 4.79 Å². The number of aromatic nitrogens is 1. The molecule has 2 aromatic rings. The largest absolute Gasteiger partial charge is 0.336 e. The van der Waals surface area contributed by atoms with Gasteiger partial charge in [0.15, 0.2) is 0 Å². The van der Waals surface area contributed by atoms with Gasteiger partial charge in [0.05, 0.1) is 0 Å². The first-order valence-electron chi connectivity index (χ1n) is 8.44. The van der Waals surface area contributed by atoms with Crippen molar-refractivity contribution in [1.82, 2.24) is 9.47 Å². The molecule has 0 atom stereocenters. The van der Waals surface area contributed by atoms with E-state index in [1.807, 2.05) is 12.1 Å². The Morgan fingerprint density at radius 2 is 1.95 bits per heavy atom. The maximum Gasteiger partial charge on any atom is 0.242 e. The maximum atomic E-state index is 12.9. The van der Waals surface area contributed by atoms with Crippen LogP contribution in [-0.4, -0.2) is 27.5 Å². The van der Waals surface area contributed by atoms with Gasteiger partial charge >= 0.3 is 0 Å². The van der Waals surface area contributed by atoms with Crippen LogP contribution in [-0.2, 0) is 11.3 Å². The summed E-state index contributed by atoms with van der Waals surface area (Å²) in [5.74, 6) is 0.256. The summed E-state index contributed by atoms with van der Waals surface area (Å²) in [7, 11) is 0. The summed E-state index contributed by atoms with van der Waals surface area (Å²) < 4.78 is 2.15. The molecule has 0 aliphatic heterocycles. The van der Waals surface area contributed by atoms with Gasteiger partial charge in [-0.3, -0.25) is 4.79 Å². The molecule has 3 heteroatoms. The fraction of sp³-hybridized carbons (Fsp3) is 0.526. The van der Waals surface area contributed by atoms with E-state index in [-0.39, 0.29) is 11.9 Å². The number of amides is 1. The second kappa shape index (κ2) is 6.15. The number of carbonyl (C=O) groups excluding carboxylic acids is 1. The van der Waals surface area contributed by atoms with Crippen molar-refractivity contribution in [3.8, 4) is 0 Å². The van der Waals surface area contributed by atoms with E-state index >= 15 is 0 Å². The third-order valence-corrected chi connectivity index (χ3v) is 4.87. The number of nitrogens with zero attached hydrogens (tertiary/aromatic N) is 2. The zero-order valence-electron chi connectivity index (χ0n) is 13.9. The average Bonchev–Trinajstić information content (AvgIpc) is 3.08. The molecule has 1 heterocycles. The molecule has 118 valence electrons. The van der Waals surface area contributed by atoms with Crippen molar-refractivity contribution in [2.45, 2.75) is 65.1 Å². The van der Waals surface area contributed by atoms with Gasteiger partial charge in [0.1, 0.15) is 6.54 Å². The fourth-order valence-electron chi connectivity index (χ4n) is 3.87. The summed E-state index contributed by atoms with van der Waals surface area (Å²) in [5.41, 5.74) is 2.31. The molecule has 0 spiro atoms. The standard InChI is InChI=1S/C19H26N2O/c1-14(2)21(17-9-5-6-10-17)19(22)13-20-15(3)12-16-8-4-7-11-18(16)20/h4,7-8,11-12,14,17H,5-6,9-10,13H2,1-3H3. The van der Waals surface area contributed by atoms with E-state index < -0.39 is 0 Å². The van der Waals surface area contributed by atoms with E-state index in [0.717, 1.165) is 24.1 Å². The Kier molecular flexibility index (Phi) is 4.23. The second-order valence-corrected chi connectivity index (χ2v) is 6.76. The summed E-state index contributed by atoms with van der Waals surface area (Å²) in [5, 5.41) is 1.21. The quantitative estimate of drug-likeness (QED) is 0.833. The summed E-state index contributed by atoms with van der Waals surface area (Å²) in [6.45, 7) is 6.81. The highest BCUT2D eigenvalue weighted by Crippen LogP contribution is 2.26. The Labute approximate surface area is 132 Å². The molecule has 1 fully saturated rings. The first-order chi connectivity index (χ1) is 10.6. The monoisotopic (exact) mass is 298 g/mol. The number of rotatable bonds is 4. The minimum absolute atomic E-state index is 0.256. The van der Waals surface area contributed by atoms with E-state index in [2.05, 4.69) is 48.4 Å². The number of benzene rings is 1. The highest BCUT2D eigenvalue weighted by atomic mass is 16.2. The third kappa shape index (κ3) is 2.77. The molecular formula is C19H26N2O. The van der Waals surface area contributed by atoms with Crippen LogP contribution in [0.1, 0.15) is 45.2 Å². The Hall–Kier alpha value is -1.77. The minimum Gasteiger partial charge on any atom is -0.336 e. The van der Waals surface area contributed by atoms with Crippen LogP contribution in [0, 0.1) is 6.92 Å². The first-order valence-corrected chi connectivity index (χ1v) is 8.44. The molecule has 0 saturated heterocycles. The van der Waals surface area contributed by atoms with Gasteiger partial charge in [0.2, 0.25) is 5.91 Å². The predicted molar refractivity (Wildman–Crippen MR) is 90.9 cm³/mol. The highest BCUT2D eigenvalue weighted by molar-refractivity contribution is 5.84. The van der Waals surface area contributed by atoms with Gasteiger partial charge in [0.25, 0.3) is 0 Å². The highest BCUT2D eigenvalue weighted by Gasteiger charge is 2.28. The molecule has 1 aromatic carbocycles. The van der Waals surface area contributed by atoms with Gasteiger partial charge in [-0.15, -0.1) is 0 Å². The van der Waals surface area contributed by atoms with Crippen LogP contribution in [0.25, 0.3) is 10.9 Å². The third-order valence-electron chi connectivity index (χ3n) is 4.87. The van der Waals surface area contributed by atoms with Crippen LogP contribution in [0.3, 0.4) is 0 Å². The zero-order chi connectivity index (χ0) is 15.7. The molecule has 1 amide bonds. The Morgan fingerprint density at radius 1 is 1.27 bits per heavy atom. The van der Waals surface area contributed by atoms with Crippen molar-refractivity contribution in [3.63, 3.8) is 0 Å². The molecule has 0 N–H and O–H groups in total. The van der Waals surface area contributed by atoms with Crippen molar-refractivity contribution in [3.05, 3.63) is 36.0 Å². The summed E-state index contributed by atoms with van der Waals surface area (Å²) in [6, 6.07) is 11.2. The molecule has 1 aliphatic carbocycles. The van der Waals surface area contributed by atoms with E-state index in [1.165, 1.54) is 18.2 Å². The van der Waals surface area contributed by atoms with Crippen LogP contribution in [0.4, 0.5) is 0 Å². The lowest BCUT2D eigenvalue weighted by Gasteiger charge is -2.33. The lowest BCUT2D eigenvalue weighted by atomic mass is 10.1. The maximum absolute atomic E-state index is 12.9. The topological polar surface area (TPSA) is 25.2 Å². The van der Waals surface area contributed by atoms with Crippen LogP contribution in [0.15, 0.2) is 30.3 Å². The van der Waals surface area contributed by atoms with Gasteiger partial charge in [-0.2, -0.15) is 0 Å². The second-order valence-electron chi connectivity index (χ2n) is 6.76. The van der Waals surface area contributed by atoms with Crippen LogP contribution in [0.2, 0.25) is 0 Å². The minimum atomic E-state index is 0.256. The Morgan fingerprint density at radius 3 is 2.64 bits per heavy atom. The molecule has 3 nitrogen and oxygen atoms in total.